The summed E-state index contributed by atoms with van der Waals surface area (Å²) >= 11 is 0. The summed E-state index contributed by atoms with van der Waals surface area (Å²) in [4.78, 5) is 13.2. The van der Waals surface area contributed by atoms with E-state index in [1.54, 1.807) is 11.8 Å². The number of β-lactam (4-membered cyclic amide) rings is 1. The Morgan fingerprint density at radius 1 is 1.00 bits per heavy atom. The summed E-state index contributed by atoms with van der Waals surface area (Å²) in [6.45, 7) is 18.8. The van der Waals surface area contributed by atoms with Crippen LogP contribution in [-0.4, -0.2) is 11.9 Å². The molecule has 0 bridgehead atoms. The van der Waals surface area contributed by atoms with E-state index in [1.165, 1.54) is 0 Å². The van der Waals surface area contributed by atoms with Crippen LogP contribution >= 0.6 is 0 Å². The number of amides is 1. The van der Waals surface area contributed by atoms with Crippen LogP contribution < -0.4 is 4.90 Å². The molecule has 1 aliphatic rings. The molecule has 2 rings (SSSR count). The average Bonchev–Trinajstić information content (AvgIpc) is 2.54. The molecule has 0 aliphatic carbocycles. The first-order chi connectivity index (χ1) is 9.22. The molecule has 1 saturated heterocycles. The summed E-state index contributed by atoms with van der Waals surface area (Å²) in [7, 11) is 0. The third-order valence-corrected chi connectivity index (χ3v) is 2.58. The van der Waals surface area contributed by atoms with Crippen LogP contribution in [0.1, 0.15) is 41.5 Å². The van der Waals surface area contributed by atoms with Gasteiger partial charge >= 0.3 is 0 Å². The molecule has 0 saturated carbocycles. The van der Waals surface area contributed by atoms with Crippen molar-refractivity contribution >= 4 is 11.6 Å². The number of para-hydroxylation sites is 1. The van der Waals surface area contributed by atoms with Gasteiger partial charge in [0.25, 0.3) is 0 Å². The molecule has 1 aromatic carbocycles. The molecule has 1 radical (unpaired) electrons. The predicted octanol–water partition coefficient (Wildman–Crippen LogP) is 4.76. The van der Waals surface area contributed by atoms with E-state index in [4.69, 9.17) is 0 Å². The van der Waals surface area contributed by atoms with Gasteiger partial charge in [-0.25, -0.2) is 0 Å². The fourth-order valence-corrected chi connectivity index (χ4v) is 1.63. The van der Waals surface area contributed by atoms with Crippen LogP contribution in [0.2, 0.25) is 0 Å². The van der Waals surface area contributed by atoms with Crippen LogP contribution in [-0.2, 0) is 37.5 Å². The van der Waals surface area contributed by atoms with Crippen LogP contribution in [0.5, 0.6) is 0 Å². The summed E-state index contributed by atoms with van der Waals surface area (Å²) in [6.07, 6.45) is 0. The van der Waals surface area contributed by atoms with E-state index >= 15 is 0 Å². The quantitative estimate of drug-likeness (QED) is 0.527. The van der Waals surface area contributed by atoms with Crippen LogP contribution in [0.3, 0.4) is 0 Å². The second kappa shape index (κ2) is 15.2. The van der Waals surface area contributed by atoms with E-state index in [1.807, 2.05) is 65.0 Å². The normalized spacial score (nSPS) is 18.6. The zero-order chi connectivity index (χ0) is 15.4. The largest absolute Gasteiger partial charge is 0.346 e. The van der Waals surface area contributed by atoms with Gasteiger partial charge in [-0.1, -0.05) is 51.8 Å². The first kappa shape index (κ1) is 24.8. The Balaban J connectivity index is -0.000000368. The third-order valence-electron chi connectivity index (χ3n) is 2.58. The molecule has 0 N–H and O–H groups in total. The van der Waals surface area contributed by atoms with Gasteiger partial charge in [0.05, 0.1) is 0 Å². The molecule has 1 amide bonds. The summed E-state index contributed by atoms with van der Waals surface area (Å²) < 4.78 is 0. The summed E-state index contributed by atoms with van der Waals surface area (Å²) in [5.41, 5.74) is 0.972. The second-order valence-corrected chi connectivity index (χ2v) is 3.39. The van der Waals surface area contributed by atoms with Gasteiger partial charge in [-0.15, -0.1) is 0 Å². The molecule has 0 aromatic heterocycles. The van der Waals surface area contributed by atoms with Crippen molar-refractivity contribution in [3.8, 4) is 0 Å². The average molecular weight is 352 g/mol. The van der Waals surface area contributed by atoms with Crippen molar-refractivity contribution in [3.05, 3.63) is 44.2 Å². The molecular formula is C17H29NOY-2. The van der Waals surface area contributed by atoms with E-state index in [0.717, 1.165) is 5.69 Å². The number of anilines is 1. The zero-order valence-corrected chi connectivity index (χ0v) is 16.7. The number of nitrogens with zero attached hydrogens (tertiary/aromatic N) is 1. The van der Waals surface area contributed by atoms with Crippen molar-refractivity contribution in [2.45, 2.75) is 47.6 Å². The monoisotopic (exact) mass is 352 g/mol. The SMILES string of the molecule is CC.CC.[CH2-]C.[CH2-]C1C(=O)N(c2ccccc2)C1C.[Y]. The van der Waals surface area contributed by atoms with Gasteiger partial charge in [-0.2, -0.15) is 6.92 Å². The minimum absolute atomic E-state index is 0. The van der Waals surface area contributed by atoms with Gasteiger partial charge in [0.2, 0.25) is 5.91 Å². The number of carbonyl (C=O) groups is 1. The van der Waals surface area contributed by atoms with Gasteiger partial charge < -0.3 is 18.7 Å². The third kappa shape index (κ3) is 6.50. The molecular weight excluding hydrogens is 323 g/mol. The fourth-order valence-electron chi connectivity index (χ4n) is 1.63. The molecule has 113 valence electrons. The Labute approximate surface area is 151 Å². The summed E-state index contributed by atoms with van der Waals surface area (Å²) in [5.74, 6) is 0.0545. The molecule has 1 heterocycles. The number of carbonyl (C=O) groups excluding carboxylic acids is 1. The molecule has 2 atom stereocenters. The molecule has 3 heteroatoms. The van der Waals surface area contributed by atoms with Gasteiger partial charge in [0.15, 0.2) is 0 Å². The van der Waals surface area contributed by atoms with Crippen molar-refractivity contribution in [2.24, 2.45) is 5.92 Å². The summed E-state index contributed by atoms with van der Waals surface area (Å²) in [6, 6.07) is 9.94. The number of rotatable bonds is 1. The van der Waals surface area contributed by atoms with Gasteiger partial charge in [-0.05, 0) is 19.1 Å². The predicted molar refractivity (Wildman–Crippen MR) is 86.0 cm³/mol. The molecule has 20 heavy (non-hydrogen) atoms. The maximum absolute atomic E-state index is 11.4. The van der Waals surface area contributed by atoms with E-state index in [2.05, 4.69) is 13.8 Å². The van der Waals surface area contributed by atoms with Crippen LogP contribution in [0.25, 0.3) is 0 Å². The minimum Gasteiger partial charge on any atom is -0.346 e. The first-order valence-electron chi connectivity index (χ1n) is 7.13. The maximum Gasteiger partial charge on any atom is 0.202 e. The van der Waals surface area contributed by atoms with Crippen LogP contribution in [0.15, 0.2) is 30.3 Å². The molecule has 2 nitrogen and oxygen atoms in total. The van der Waals surface area contributed by atoms with Gasteiger partial charge in [-0.3, -0.25) is 4.79 Å². The van der Waals surface area contributed by atoms with Gasteiger partial charge in [0, 0.05) is 44.4 Å². The Bertz CT molecular complexity index is 327. The van der Waals surface area contributed by atoms with Crippen molar-refractivity contribution in [1.82, 2.24) is 0 Å². The van der Waals surface area contributed by atoms with Crippen molar-refractivity contribution in [3.63, 3.8) is 0 Å². The topological polar surface area (TPSA) is 20.3 Å². The molecule has 1 aliphatic heterocycles. The molecule has 1 fully saturated rings. The van der Waals surface area contributed by atoms with Crippen LogP contribution in [0.4, 0.5) is 5.69 Å². The van der Waals surface area contributed by atoms with E-state index in [9.17, 15) is 4.79 Å². The minimum atomic E-state index is -0.0693. The van der Waals surface area contributed by atoms with Crippen LogP contribution in [0, 0.1) is 19.8 Å². The Hall–Kier alpha value is -0.206. The van der Waals surface area contributed by atoms with Gasteiger partial charge in [0.1, 0.15) is 0 Å². The second-order valence-electron chi connectivity index (χ2n) is 3.39. The van der Waals surface area contributed by atoms with E-state index in [-0.39, 0.29) is 50.6 Å². The maximum atomic E-state index is 11.4. The Morgan fingerprint density at radius 2 is 1.40 bits per heavy atom. The molecule has 2 unspecified atom stereocenters. The fraction of sp³-hybridized carbons (Fsp3) is 0.471. The number of hydrogen-bond donors (Lipinski definition) is 0. The smallest absolute Gasteiger partial charge is 0.202 e. The van der Waals surface area contributed by atoms with Crippen molar-refractivity contribution in [2.75, 3.05) is 4.90 Å². The standard InChI is InChI=1S/C11H12NO.2C2H6.C2H5.Y/c1-8-9(2)12(11(8)13)10-6-4-3-5-7-10;3*1-2;/h3-9H,1H2,2H3;2*1-2H3;1H2,2H3;/q-1;;;-1;. The number of hydrogen-bond acceptors (Lipinski definition) is 1. The summed E-state index contributed by atoms with van der Waals surface area (Å²) in [5, 5.41) is 0. The van der Waals surface area contributed by atoms with Crippen molar-refractivity contribution in [1.29, 1.82) is 0 Å². The Morgan fingerprint density at radius 3 is 1.75 bits per heavy atom. The van der Waals surface area contributed by atoms with Crippen molar-refractivity contribution < 1.29 is 37.5 Å². The van der Waals surface area contributed by atoms with E-state index < -0.39 is 0 Å². The Kier molecular flexibility index (Phi) is 18.8. The molecule has 1 aromatic rings. The molecule has 0 spiro atoms. The number of benzene rings is 1. The van der Waals surface area contributed by atoms with E-state index in [0.29, 0.717) is 0 Å². The zero-order valence-electron chi connectivity index (χ0n) is 13.9. The first-order valence-corrected chi connectivity index (χ1v) is 7.13.